The highest BCUT2D eigenvalue weighted by Gasteiger charge is 2.16. The Morgan fingerprint density at radius 3 is 2.72 bits per heavy atom. The van der Waals surface area contributed by atoms with Gasteiger partial charge in [0.05, 0.1) is 26.5 Å². The molecule has 1 aliphatic carbocycles. The van der Waals surface area contributed by atoms with E-state index in [4.69, 9.17) is 14.6 Å². The molecule has 6 heteroatoms. The Labute approximate surface area is 152 Å². The molecule has 0 bridgehead atoms. The minimum absolute atomic E-state index is 0.569. The SMILES string of the molecule is C=CCN=c1scc(-c2cc(OC)ccc2OC)n1N=C1CCCC1. The van der Waals surface area contributed by atoms with Gasteiger partial charge >= 0.3 is 0 Å². The molecule has 0 aliphatic heterocycles. The van der Waals surface area contributed by atoms with Gasteiger partial charge in [0, 0.05) is 16.7 Å². The largest absolute Gasteiger partial charge is 0.497 e. The molecule has 0 amide bonds. The first-order valence-corrected chi connectivity index (χ1v) is 9.26. The molecular formula is C19H23N3O2S. The van der Waals surface area contributed by atoms with Crippen molar-refractivity contribution in [1.29, 1.82) is 0 Å². The number of rotatable bonds is 6. The molecule has 132 valence electrons. The number of hydrogen-bond donors (Lipinski definition) is 0. The van der Waals surface area contributed by atoms with Crippen LogP contribution in [0.3, 0.4) is 0 Å². The fourth-order valence-corrected chi connectivity index (χ4v) is 3.70. The molecular weight excluding hydrogens is 334 g/mol. The Morgan fingerprint density at radius 2 is 2.04 bits per heavy atom. The van der Waals surface area contributed by atoms with E-state index < -0.39 is 0 Å². The van der Waals surface area contributed by atoms with Crippen LogP contribution in [0.2, 0.25) is 0 Å². The van der Waals surface area contributed by atoms with Crippen molar-refractivity contribution in [3.05, 3.63) is 41.0 Å². The Morgan fingerprint density at radius 1 is 1.24 bits per heavy atom. The molecule has 3 rings (SSSR count). The number of thiazole rings is 1. The van der Waals surface area contributed by atoms with Crippen LogP contribution < -0.4 is 14.3 Å². The lowest BCUT2D eigenvalue weighted by Crippen LogP contribution is -2.14. The van der Waals surface area contributed by atoms with Crippen molar-refractivity contribution in [3.63, 3.8) is 0 Å². The molecule has 25 heavy (non-hydrogen) atoms. The van der Waals surface area contributed by atoms with E-state index in [1.807, 2.05) is 22.9 Å². The first-order valence-electron chi connectivity index (χ1n) is 8.38. The second-order valence-corrected chi connectivity index (χ2v) is 6.62. The molecule has 5 nitrogen and oxygen atoms in total. The molecule has 1 aromatic carbocycles. The predicted molar refractivity (Wildman–Crippen MR) is 103 cm³/mol. The quantitative estimate of drug-likeness (QED) is 0.731. The summed E-state index contributed by atoms with van der Waals surface area (Å²) in [4.78, 5) is 5.46. The Hall–Kier alpha value is -2.34. The minimum Gasteiger partial charge on any atom is -0.497 e. The standard InChI is InChI=1S/C19H23N3O2S/c1-4-11-20-19-22(21-14-7-5-6-8-14)17(13-25-19)16-12-15(23-2)9-10-18(16)24-3/h4,9-10,12-13H,1,5-8,11H2,2-3H3. The van der Waals surface area contributed by atoms with Crippen LogP contribution in [0.1, 0.15) is 25.7 Å². The molecule has 0 unspecified atom stereocenters. The van der Waals surface area contributed by atoms with Crippen LogP contribution in [0.4, 0.5) is 0 Å². The lowest BCUT2D eigenvalue weighted by Gasteiger charge is -2.11. The first-order chi connectivity index (χ1) is 12.3. The fourth-order valence-electron chi connectivity index (χ4n) is 2.87. The average molecular weight is 357 g/mol. The lowest BCUT2D eigenvalue weighted by atomic mass is 10.1. The fraction of sp³-hybridized carbons (Fsp3) is 0.368. The minimum atomic E-state index is 0.569. The highest BCUT2D eigenvalue weighted by atomic mass is 32.1. The zero-order valence-corrected chi connectivity index (χ0v) is 15.5. The molecule has 1 aromatic heterocycles. The van der Waals surface area contributed by atoms with E-state index in [2.05, 4.69) is 17.0 Å². The summed E-state index contributed by atoms with van der Waals surface area (Å²) in [6.45, 7) is 4.32. The van der Waals surface area contributed by atoms with E-state index in [0.29, 0.717) is 6.54 Å². The summed E-state index contributed by atoms with van der Waals surface area (Å²) in [7, 11) is 3.34. The zero-order chi connectivity index (χ0) is 17.6. The van der Waals surface area contributed by atoms with E-state index >= 15 is 0 Å². The zero-order valence-electron chi connectivity index (χ0n) is 14.7. The molecule has 1 fully saturated rings. The second kappa shape index (κ2) is 8.16. The van der Waals surface area contributed by atoms with Crippen LogP contribution in [0.15, 0.2) is 46.3 Å². The number of ether oxygens (including phenoxy) is 2. The van der Waals surface area contributed by atoms with Gasteiger partial charge in [-0.3, -0.25) is 4.99 Å². The Bertz CT molecular complexity index is 841. The molecule has 1 heterocycles. The monoisotopic (exact) mass is 357 g/mol. The van der Waals surface area contributed by atoms with E-state index in [0.717, 1.165) is 40.4 Å². The van der Waals surface area contributed by atoms with Gasteiger partial charge in [-0.05, 0) is 43.9 Å². The maximum Gasteiger partial charge on any atom is 0.206 e. The number of benzene rings is 1. The van der Waals surface area contributed by atoms with Gasteiger partial charge in [-0.1, -0.05) is 6.08 Å². The highest BCUT2D eigenvalue weighted by Crippen LogP contribution is 2.34. The smallest absolute Gasteiger partial charge is 0.206 e. The number of aromatic nitrogens is 1. The van der Waals surface area contributed by atoms with Gasteiger partial charge in [-0.15, -0.1) is 17.9 Å². The number of hydrogen-bond acceptors (Lipinski definition) is 5. The Kier molecular flexibility index (Phi) is 5.71. The molecule has 0 atom stereocenters. The predicted octanol–water partition coefficient (Wildman–Crippen LogP) is 4.10. The van der Waals surface area contributed by atoms with Crippen LogP contribution in [0.5, 0.6) is 11.5 Å². The van der Waals surface area contributed by atoms with Gasteiger partial charge in [0.25, 0.3) is 0 Å². The summed E-state index contributed by atoms with van der Waals surface area (Å²) in [6.07, 6.45) is 6.32. The molecule has 0 spiro atoms. The van der Waals surface area contributed by atoms with Crippen LogP contribution in [0.25, 0.3) is 11.3 Å². The Balaban J connectivity index is 2.18. The van der Waals surface area contributed by atoms with Crippen molar-refractivity contribution in [2.45, 2.75) is 25.7 Å². The molecule has 0 saturated heterocycles. The number of nitrogens with zero attached hydrogens (tertiary/aromatic N) is 3. The van der Waals surface area contributed by atoms with Gasteiger partial charge < -0.3 is 9.47 Å². The van der Waals surface area contributed by atoms with Gasteiger partial charge in [-0.2, -0.15) is 5.10 Å². The van der Waals surface area contributed by atoms with Crippen molar-refractivity contribution in [3.8, 4) is 22.8 Å². The first kappa shape index (κ1) is 17.5. The molecule has 0 radical (unpaired) electrons. The van der Waals surface area contributed by atoms with E-state index in [9.17, 15) is 0 Å². The average Bonchev–Trinajstić information content (AvgIpc) is 3.30. The third-order valence-corrected chi connectivity index (χ3v) is 5.00. The van der Waals surface area contributed by atoms with Crippen LogP contribution in [0, 0.1) is 0 Å². The van der Waals surface area contributed by atoms with Crippen molar-refractivity contribution >= 4 is 17.0 Å². The summed E-state index contributed by atoms with van der Waals surface area (Å²) in [6, 6.07) is 5.79. The molecule has 2 aromatic rings. The van der Waals surface area contributed by atoms with Crippen molar-refractivity contribution in [2.75, 3.05) is 20.8 Å². The molecule has 1 aliphatic rings. The maximum absolute atomic E-state index is 5.56. The molecule has 0 N–H and O–H groups in total. The van der Waals surface area contributed by atoms with E-state index in [-0.39, 0.29) is 0 Å². The summed E-state index contributed by atoms with van der Waals surface area (Å²) in [5.41, 5.74) is 3.13. The van der Waals surface area contributed by atoms with Crippen molar-refractivity contribution in [1.82, 2.24) is 4.68 Å². The van der Waals surface area contributed by atoms with Crippen LogP contribution in [-0.2, 0) is 0 Å². The van der Waals surface area contributed by atoms with Gasteiger partial charge in [0.15, 0.2) is 0 Å². The van der Waals surface area contributed by atoms with Gasteiger partial charge in [-0.25, -0.2) is 4.68 Å². The van der Waals surface area contributed by atoms with Gasteiger partial charge in [0.2, 0.25) is 4.80 Å². The summed E-state index contributed by atoms with van der Waals surface area (Å²) < 4.78 is 12.9. The third kappa shape index (κ3) is 3.85. The van der Waals surface area contributed by atoms with E-state index in [1.54, 1.807) is 31.6 Å². The highest BCUT2D eigenvalue weighted by molar-refractivity contribution is 7.07. The normalized spacial score (nSPS) is 14.6. The van der Waals surface area contributed by atoms with Gasteiger partial charge in [0.1, 0.15) is 11.5 Å². The van der Waals surface area contributed by atoms with Crippen LogP contribution in [-0.4, -0.2) is 31.2 Å². The van der Waals surface area contributed by atoms with E-state index in [1.165, 1.54) is 18.6 Å². The van der Waals surface area contributed by atoms with Crippen LogP contribution >= 0.6 is 11.3 Å². The summed E-state index contributed by atoms with van der Waals surface area (Å²) in [5, 5.41) is 6.97. The second-order valence-electron chi connectivity index (χ2n) is 5.78. The van der Waals surface area contributed by atoms with Crippen molar-refractivity contribution in [2.24, 2.45) is 10.1 Å². The summed E-state index contributed by atoms with van der Waals surface area (Å²) in [5.74, 6) is 1.57. The maximum atomic E-state index is 5.56. The third-order valence-electron chi connectivity index (χ3n) is 4.15. The summed E-state index contributed by atoms with van der Waals surface area (Å²) >= 11 is 1.57. The van der Waals surface area contributed by atoms with Crippen molar-refractivity contribution < 1.29 is 9.47 Å². The lowest BCUT2D eigenvalue weighted by molar-refractivity contribution is 0.404. The topological polar surface area (TPSA) is 48.1 Å². The molecule has 1 saturated carbocycles. The number of methoxy groups -OCH3 is 2.